The molecular weight excluding hydrogens is 271 g/mol. The van der Waals surface area contributed by atoms with Crippen LogP contribution in [0.3, 0.4) is 0 Å². The molecule has 2 aromatic heterocycles. The summed E-state index contributed by atoms with van der Waals surface area (Å²) in [6.07, 6.45) is 3.20. The van der Waals surface area contributed by atoms with E-state index in [1.807, 2.05) is 6.07 Å². The van der Waals surface area contributed by atoms with Gasteiger partial charge in [0.2, 0.25) is 0 Å². The predicted molar refractivity (Wildman–Crippen MR) is 76.2 cm³/mol. The Labute approximate surface area is 120 Å². The highest BCUT2D eigenvalue weighted by atomic mass is 19.1. The van der Waals surface area contributed by atoms with Crippen LogP contribution in [0.25, 0.3) is 10.9 Å². The molecule has 21 heavy (non-hydrogen) atoms. The number of rotatable bonds is 4. The summed E-state index contributed by atoms with van der Waals surface area (Å²) < 4.78 is 19.2. The summed E-state index contributed by atoms with van der Waals surface area (Å²) in [6.45, 7) is 0.0875. The van der Waals surface area contributed by atoms with Gasteiger partial charge in [-0.05, 0) is 30.3 Å². The summed E-state index contributed by atoms with van der Waals surface area (Å²) in [6, 6.07) is 9.84. The maximum atomic E-state index is 13.6. The number of fused-ring (bicyclic) bond motifs is 1. The van der Waals surface area contributed by atoms with Crippen molar-refractivity contribution in [3.63, 3.8) is 0 Å². The quantitative estimate of drug-likeness (QED) is 0.800. The van der Waals surface area contributed by atoms with E-state index in [0.717, 1.165) is 10.9 Å². The Morgan fingerprint density at radius 2 is 2.05 bits per heavy atom. The Kier molecular flexibility index (Phi) is 3.75. The lowest BCUT2D eigenvalue weighted by Gasteiger charge is -2.09. The minimum absolute atomic E-state index is 0.112. The summed E-state index contributed by atoms with van der Waals surface area (Å²) in [7, 11) is 0. The number of benzene rings is 1. The number of aliphatic hydroxyl groups is 1. The minimum Gasteiger partial charge on any atom is -0.487 e. The van der Waals surface area contributed by atoms with Crippen LogP contribution in [0.5, 0.6) is 5.75 Å². The zero-order valence-corrected chi connectivity index (χ0v) is 11.2. The average Bonchev–Trinajstić information content (AvgIpc) is 2.53. The lowest BCUT2D eigenvalue weighted by molar-refractivity contribution is 0.275. The van der Waals surface area contributed by atoms with Gasteiger partial charge in [0.1, 0.15) is 18.2 Å². The normalized spacial score (nSPS) is 10.8. The summed E-state index contributed by atoms with van der Waals surface area (Å²) >= 11 is 0. The largest absolute Gasteiger partial charge is 0.487 e. The van der Waals surface area contributed by atoms with Gasteiger partial charge in [0.25, 0.3) is 0 Å². The van der Waals surface area contributed by atoms with Crippen LogP contribution in [-0.4, -0.2) is 15.1 Å². The maximum Gasteiger partial charge on any atom is 0.138 e. The van der Waals surface area contributed by atoms with Crippen molar-refractivity contribution in [2.45, 2.75) is 13.2 Å². The third-order valence-electron chi connectivity index (χ3n) is 3.10. The van der Waals surface area contributed by atoms with Crippen molar-refractivity contribution in [1.82, 2.24) is 9.97 Å². The molecule has 0 aliphatic carbocycles. The molecule has 0 atom stereocenters. The fourth-order valence-electron chi connectivity index (χ4n) is 2.09. The second-order valence-electron chi connectivity index (χ2n) is 4.57. The average molecular weight is 284 g/mol. The third kappa shape index (κ3) is 2.98. The van der Waals surface area contributed by atoms with Crippen LogP contribution in [0.15, 0.2) is 48.8 Å². The molecule has 3 rings (SSSR count). The molecule has 2 heterocycles. The van der Waals surface area contributed by atoms with Crippen LogP contribution in [-0.2, 0) is 13.2 Å². The molecule has 3 aromatic rings. The molecule has 0 aliphatic heterocycles. The number of ether oxygens (including phenoxy) is 1. The highest BCUT2D eigenvalue weighted by Gasteiger charge is 2.06. The molecule has 0 saturated carbocycles. The lowest BCUT2D eigenvalue weighted by Crippen LogP contribution is -1.99. The summed E-state index contributed by atoms with van der Waals surface area (Å²) in [5.74, 6) is 0.239. The SMILES string of the molecule is OCc1ccc(OCc2cc(F)cc3cccnc23)cn1. The minimum atomic E-state index is -0.317. The van der Waals surface area contributed by atoms with Crippen molar-refractivity contribution in [2.24, 2.45) is 0 Å². The molecule has 0 unspecified atom stereocenters. The molecule has 0 saturated heterocycles. The van der Waals surface area contributed by atoms with E-state index in [2.05, 4.69) is 9.97 Å². The van der Waals surface area contributed by atoms with Crippen LogP contribution in [0.4, 0.5) is 4.39 Å². The van der Waals surface area contributed by atoms with Crippen molar-refractivity contribution in [3.05, 3.63) is 65.9 Å². The topological polar surface area (TPSA) is 55.2 Å². The molecule has 0 fully saturated rings. The number of pyridine rings is 2. The van der Waals surface area contributed by atoms with Crippen LogP contribution in [0.1, 0.15) is 11.3 Å². The van der Waals surface area contributed by atoms with E-state index in [1.165, 1.54) is 18.3 Å². The zero-order chi connectivity index (χ0) is 14.7. The smallest absolute Gasteiger partial charge is 0.138 e. The molecule has 0 amide bonds. The first-order valence-corrected chi connectivity index (χ1v) is 6.48. The van der Waals surface area contributed by atoms with E-state index >= 15 is 0 Å². The first kappa shape index (κ1) is 13.5. The molecule has 1 aromatic carbocycles. The van der Waals surface area contributed by atoms with Gasteiger partial charge in [-0.3, -0.25) is 9.97 Å². The predicted octanol–water partition coefficient (Wildman–Crippen LogP) is 2.84. The Morgan fingerprint density at radius 3 is 2.81 bits per heavy atom. The second-order valence-corrected chi connectivity index (χ2v) is 4.57. The number of halogens is 1. The van der Waals surface area contributed by atoms with E-state index in [1.54, 1.807) is 24.4 Å². The van der Waals surface area contributed by atoms with Gasteiger partial charge in [0, 0.05) is 17.1 Å². The second kappa shape index (κ2) is 5.85. The lowest BCUT2D eigenvalue weighted by atomic mass is 10.1. The Balaban J connectivity index is 1.84. The van der Waals surface area contributed by atoms with E-state index in [4.69, 9.17) is 9.84 Å². The molecular formula is C16H13FN2O2. The van der Waals surface area contributed by atoms with Gasteiger partial charge in [0.05, 0.1) is 24.0 Å². The first-order chi connectivity index (χ1) is 10.3. The number of aliphatic hydroxyl groups excluding tert-OH is 1. The number of hydrogen-bond donors (Lipinski definition) is 1. The standard InChI is InChI=1S/C16H13FN2O2/c17-13-6-11-2-1-5-18-16(11)12(7-13)10-21-15-4-3-14(9-20)19-8-15/h1-8,20H,9-10H2. The van der Waals surface area contributed by atoms with Gasteiger partial charge < -0.3 is 9.84 Å². The molecule has 0 spiro atoms. The van der Waals surface area contributed by atoms with E-state index < -0.39 is 0 Å². The van der Waals surface area contributed by atoms with Gasteiger partial charge in [-0.2, -0.15) is 0 Å². The maximum absolute atomic E-state index is 13.6. The summed E-state index contributed by atoms with van der Waals surface area (Å²) in [5.41, 5.74) is 1.97. The molecule has 0 radical (unpaired) electrons. The van der Waals surface area contributed by atoms with E-state index in [9.17, 15) is 4.39 Å². The van der Waals surface area contributed by atoms with Crippen molar-refractivity contribution < 1.29 is 14.2 Å². The molecule has 5 heteroatoms. The van der Waals surface area contributed by atoms with Crippen molar-refractivity contribution in [1.29, 1.82) is 0 Å². The van der Waals surface area contributed by atoms with Crippen molar-refractivity contribution in [3.8, 4) is 5.75 Å². The van der Waals surface area contributed by atoms with Crippen molar-refractivity contribution in [2.75, 3.05) is 0 Å². The molecule has 1 N–H and O–H groups in total. The highest BCUT2D eigenvalue weighted by molar-refractivity contribution is 5.81. The highest BCUT2D eigenvalue weighted by Crippen LogP contribution is 2.20. The van der Waals surface area contributed by atoms with Crippen LogP contribution in [0, 0.1) is 5.82 Å². The van der Waals surface area contributed by atoms with Gasteiger partial charge in [0.15, 0.2) is 0 Å². The number of hydrogen-bond acceptors (Lipinski definition) is 4. The zero-order valence-electron chi connectivity index (χ0n) is 11.2. The van der Waals surface area contributed by atoms with Gasteiger partial charge in [-0.1, -0.05) is 6.07 Å². The molecule has 0 bridgehead atoms. The van der Waals surface area contributed by atoms with Crippen molar-refractivity contribution >= 4 is 10.9 Å². The number of nitrogens with zero attached hydrogens (tertiary/aromatic N) is 2. The van der Waals surface area contributed by atoms with Crippen LogP contribution >= 0.6 is 0 Å². The Morgan fingerprint density at radius 1 is 1.14 bits per heavy atom. The van der Waals surface area contributed by atoms with Gasteiger partial charge >= 0.3 is 0 Å². The summed E-state index contributed by atoms with van der Waals surface area (Å²) in [4.78, 5) is 8.29. The Hall–Kier alpha value is -2.53. The Bertz CT molecular complexity index is 760. The monoisotopic (exact) mass is 284 g/mol. The van der Waals surface area contributed by atoms with Crippen LogP contribution < -0.4 is 4.74 Å². The molecule has 0 aliphatic rings. The summed E-state index contributed by atoms with van der Waals surface area (Å²) in [5, 5.41) is 9.67. The van der Waals surface area contributed by atoms with E-state index in [0.29, 0.717) is 17.0 Å². The fraction of sp³-hybridized carbons (Fsp3) is 0.125. The molecule has 106 valence electrons. The fourth-order valence-corrected chi connectivity index (χ4v) is 2.09. The van der Waals surface area contributed by atoms with Gasteiger partial charge in [-0.25, -0.2) is 4.39 Å². The van der Waals surface area contributed by atoms with Gasteiger partial charge in [-0.15, -0.1) is 0 Å². The van der Waals surface area contributed by atoms with E-state index in [-0.39, 0.29) is 19.0 Å². The number of aromatic nitrogens is 2. The third-order valence-corrected chi connectivity index (χ3v) is 3.10. The van der Waals surface area contributed by atoms with Crippen LogP contribution in [0.2, 0.25) is 0 Å². The molecule has 4 nitrogen and oxygen atoms in total. The first-order valence-electron chi connectivity index (χ1n) is 6.48.